The Morgan fingerprint density at radius 1 is 1.28 bits per heavy atom. The van der Waals surface area contributed by atoms with E-state index in [0.29, 0.717) is 12.1 Å². The summed E-state index contributed by atoms with van der Waals surface area (Å²) >= 11 is 0. The maximum Gasteiger partial charge on any atom is 0.316 e. The average Bonchev–Trinajstić information content (AvgIpc) is 2.78. The van der Waals surface area contributed by atoms with E-state index in [1.165, 1.54) is 7.11 Å². The number of carboxylic acid groups (broad SMARTS) is 1. The van der Waals surface area contributed by atoms with Crippen molar-refractivity contribution >= 4 is 23.0 Å². The Hall–Kier alpha value is -2.87. The second kappa shape index (κ2) is 10.6. The number of nitrogens with one attached hydrogen (secondary N) is 1. The highest BCUT2D eigenvalue weighted by Crippen LogP contribution is 2.37. The van der Waals surface area contributed by atoms with Gasteiger partial charge in [-0.15, -0.1) is 0 Å². The zero-order chi connectivity index (χ0) is 23.1. The standard InChI is InChI=1S/C24H34N4O4/c1-5-10-28(19-8-11-32-12-9-19)21-7-6-17(24(2,3)14-22(29)30)13-20(21)27-18-15-25-23(31-4)26-16-18/h6-7,13,15-16,19,27H,5,8-12,14H2,1-4H3,(H,29,30). The first-order valence-corrected chi connectivity index (χ1v) is 11.2. The summed E-state index contributed by atoms with van der Waals surface area (Å²) in [4.78, 5) is 22.3. The number of benzene rings is 1. The van der Waals surface area contributed by atoms with Crippen LogP contribution in [0.25, 0.3) is 0 Å². The highest BCUT2D eigenvalue weighted by molar-refractivity contribution is 5.77. The van der Waals surface area contributed by atoms with Crippen molar-refractivity contribution in [2.75, 3.05) is 37.1 Å². The number of carboxylic acids is 1. The lowest BCUT2D eigenvalue weighted by atomic mass is 9.81. The number of hydrogen-bond donors (Lipinski definition) is 2. The molecule has 0 saturated carbocycles. The van der Waals surface area contributed by atoms with Gasteiger partial charge in [-0.3, -0.25) is 4.79 Å². The molecule has 3 rings (SSSR count). The van der Waals surface area contributed by atoms with Crippen LogP contribution in [0.2, 0.25) is 0 Å². The number of methoxy groups -OCH3 is 1. The number of anilines is 3. The van der Waals surface area contributed by atoms with Gasteiger partial charge in [0.2, 0.25) is 0 Å². The van der Waals surface area contributed by atoms with Crippen LogP contribution in [-0.2, 0) is 14.9 Å². The van der Waals surface area contributed by atoms with Gasteiger partial charge in [-0.25, -0.2) is 9.97 Å². The minimum Gasteiger partial charge on any atom is -0.481 e. The van der Waals surface area contributed by atoms with Crippen LogP contribution in [0.3, 0.4) is 0 Å². The number of ether oxygens (including phenoxy) is 2. The average molecular weight is 443 g/mol. The van der Waals surface area contributed by atoms with Gasteiger partial charge in [0, 0.05) is 31.2 Å². The van der Waals surface area contributed by atoms with Crippen molar-refractivity contribution in [1.82, 2.24) is 9.97 Å². The van der Waals surface area contributed by atoms with Gasteiger partial charge in [0.15, 0.2) is 0 Å². The second-order valence-electron chi connectivity index (χ2n) is 8.81. The third kappa shape index (κ3) is 5.88. The molecule has 0 radical (unpaired) electrons. The first-order valence-electron chi connectivity index (χ1n) is 11.2. The highest BCUT2D eigenvalue weighted by Gasteiger charge is 2.28. The molecular weight excluding hydrogens is 408 g/mol. The Balaban J connectivity index is 2.02. The lowest BCUT2D eigenvalue weighted by Gasteiger charge is -2.37. The molecule has 0 bridgehead atoms. The van der Waals surface area contributed by atoms with Crippen LogP contribution in [0.5, 0.6) is 6.01 Å². The van der Waals surface area contributed by atoms with E-state index in [-0.39, 0.29) is 6.42 Å². The van der Waals surface area contributed by atoms with Crippen molar-refractivity contribution in [2.24, 2.45) is 0 Å². The van der Waals surface area contributed by atoms with Gasteiger partial charge in [-0.05, 0) is 37.0 Å². The lowest BCUT2D eigenvalue weighted by molar-refractivity contribution is -0.138. The van der Waals surface area contributed by atoms with Crippen LogP contribution >= 0.6 is 0 Å². The lowest BCUT2D eigenvalue weighted by Crippen LogP contribution is -2.40. The number of nitrogens with zero attached hydrogens (tertiary/aromatic N) is 3. The van der Waals surface area contributed by atoms with E-state index in [4.69, 9.17) is 9.47 Å². The zero-order valence-corrected chi connectivity index (χ0v) is 19.4. The molecule has 174 valence electrons. The summed E-state index contributed by atoms with van der Waals surface area (Å²) in [7, 11) is 1.53. The Kier molecular flexibility index (Phi) is 7.90. The summed E-state index contributed by atoms with van der Waals surface area (Å²) in [6.45, 7) is 8.56. The van der Waals surface area contributed by atoms with Crippen molar-refractivity contribution < 1.29 is 19.4 Å². The predicted molar refractivity (Wildman–Crippen MR) is 125 cm³/mol. The van der Waals surface area contributed by atoms with Crippen LogP contribution in [0, 0.1) is 0 Å². The highest BCUT2D eigenvalue weighted by atomic mass is 16.5. The Morgan fingerprint density at radius 2 is 1.97 bits per heavy atom. The van der Waals surface area contributed by atoms with Crippen LogP contribution in [0.4, 0.5) is 17.1 Å². The molecule has 2 aromatic rings. The third-order valence-electron chi connectivity index (χ3n) is 5.87. The summed E-state index contributed by atoms with van der Waals surface area (Å²) in [5.74, 6) is -0.813. The Labute approximate surface area is 190 Å². The molecule has 32 heavy (non-hydrogen) atoms. The molecule has 0 aliphatic carbocycles. The molecule has 1 aliphatic heterocycles. The van der Waals surface area contributed by atoms with Gasteiger partial charge in [-0.2, -0.15) is 0 Å². The van der Waals surface area contributed by atoms with Crippen molar-refractivity contribution in [2.45, 2.75) is 57.9 Å². The smallest absolute Gasteiger partial charge is 0.316 e. The zero-order valence-electron chi connectivity index (χ0n) is 19.4. The van der Waals surface area contributed by atoms with E-state index in [9.17, 15) is 9.90 Å². The predicted octanol–water partition coefficient (Wildman–Crippen LogP) is 4.38. The first-order chi connectivity index (χ1) is 15.3. The summed E-state index contributed by atoms with van der Waals surface area (Å²) < 4.78 is 10.7. The molecule has 0 atom stereocenters. The molecule has 1 aromatic carbocycles. The molecule has 8 nitrogen and oxygen atoms in total. The SMILES string of the molecule is CCCN(c1ccc(C(C)(C)CC(=O)O)cc1Nc1cnc(OC)nc1)C1CCOCC1. The van der Waals surface area contributed by atoms with Gasteiger partial charge < -0.3 is 24.8 Å². The number of rotatable bonds is 10. The summed E-state index contributed by atoms with van der Waals surface area (Å²) in [6, 6.07) is 6.92. The number of aromatic nitrogens is 2. The van der Waals surface area contributed by atoms with Crippen molar-refractivity contribution in [1.29, 1.82) is 0 Å². The molecule has 8 heteroatoms. The van der Waals surface area contributed by atoms with Gasteiger partial charge in [0.1, 0.15) is 0 Å². The summed E-state index contributed by atoms with van der Waals surface area (Å²) in [5.41, 5.74) is 3.19. The molecule has 0 amide bonds. The van der Waals surface area contributed by atoms with Gasteiger partial charge in [0.05, 0.1) is 43.0 Å². The fourth-order valence-electron chi connectivity index (χ4n) is 4.17. The fraction of sp³-hybridized carbons (Fsp3) is 0.542. The molecule has 2 N–H and O–H groups in total. The van der Waals surface area contributed by atoms with E-state index in [1.54, 1.807) is 12.4 Å². The Morgan fingerprint density at radius 3 is 2.56 bits per heavy atom. The Bertz CT molecular complexity index is 895. The normalized spacial score (nSPS) is 14.8. The molecule has 1 saturated heterocycles. The molecule has 0 spiro atoms. The topological polar surface area (TPSA) is 96.8 Å². The molecule has 1 fully saturated rings. The number of hydrogen-bond acceptors (Lipinski definition) is 7. The van der Waals surface area contributed by atoms with Gasteiger partial charge >= 0.3 is 12.0 Å². The number of carbonyl (C=O) groups is 1. The molecule has 0 unspecified atom stereocenters. The van der Waals surface area contributed by atoms with E-state index in [0.717, 1.165) is 61.6 Å². The maximum absolute atomic E-state index is 11.4. The van der Waals surface area contributed by atoms with E-state index >= 15 is 0 Å². The molecular formula is C24H34N4O4. The van der Waals surface area contributed by atoms with E-state index < -0.39 is 11.4 Å². The minimum atomic E-state index is -0.813. The second-order valence-corrected chi connectivity index (χ2v) is 8.81. The molecule has 1 aromatic heterocycles. The quantitative estimate of drug-likeness (QED) is 0.560. The third-order valence-corrected chi connectivity index (χ3v) is 5.87. The number of aliphatic carboxylic acids is 1. The van der Waals surface area contributed by atoms with E-state index in [1.807, 2.05) is 13.8 Å². The summed E-state index contributed by atoms with van der Waals surface area (Å²) in [6.07, 6.45) is 6.41. The van der Waals surface area contributed by atoms with Gasteiger partial charge in [0.25, 0.3) is 0 Å². The molecule has 1 aliphatic rings. The van der Waals surface area contributed by atoms with Crippen LogP contribution in [0.1, 0.15) is 52.0 Å². The van der Waals surface area contributed by atoms with Crippen LogP contribution in [0.15, 0.2) is 30.6 Å². The molecule has 2 heterocycles. The minimum absolute atomic E-state index is 0.0517. The fourth-order valence-corrected chi connectivity index (χ4v) is 4.17. The van der Waals surface area contributed by atoms with Crippen molar-refractivity contribution in [3.8, 4) is 6.01 Å². The van der Waals surface area contributed by atoms with Gasteiger partial charge in [-0.1, -0.05) is 26.8 Å². The van der Waals surface area contributed by atoms with Crippen LogP contribution < -0.4 is 15.0 Å². The van der Waals surface area contributed by atoms with E-state index in [2.05, 4.69) is 45.3 Å². The summed E-state index contributed by atoms with van der Waals surface area (Å²) in [5, 5.41) is 12.8. The monoisotopic (exact) mass is 442 g/mol. The maximum atomic E-state index is 11.4. The van der Waals surface area contributed by atoms with Crippen LogP contribution in [-0.4, -0.2) is 54.0 Å². The van der Waals surface area contributed by atoms with Crippen molar-refractivity contribution in [3.63, 3.8) is 0 Å². The van der Waals surface area contributed by atoms with Crippen molar-refractivity contribution in [3.05, 3.63) is 36.2 Å². The largest absolute Gasteiger partial charge is 0.481 e. The first kappa shape index (κ1) is 23.8.